The molecule has 1 N–H and O–H groups in total. The summed E-state index contributed by atoms with van der Waals surface area (Å²) < 4.78 is 10.4. The average Bonchev–Trinajstić information content (AvgIpc) is 3.35. The number of aromatic nitrogens is 3. The Morgan fingerprint density at radius 2 is 2.17 bits per heavy atom. The van der Waals surface area contributed by atoms with Gasteiger partial charge in [0.1, 0.15) is 4.88 Å². The summed E-state index contributed by atoms with van der Waals surface area (Å²) in [4.78, 5) is 22.4. The van der Waals surface area contributed by atoms with Crippen LogP contribution in [0.25, 0.3) is 21.5 Å². The molecular weight excluding hydrogens is 348 g/mol. The van der Waals surface area contributed by atoms with Gasteiger partial charge in [0.2, 0.25) is 5.82 Å². The fraction of sp³-hybridized carbons (Fsp3) is 0.0667. The van der Waals surface area contributed by atoms with Gasteiger partial charge in [-0.2, -0.15) is 4.98 Å². The molecule has 0 fully saturated rings. The van der Waals surface area contributed by atoms with Crippen molar-refractivity contribution in [1.29, 1.82) is 0 Å². The predicted molar refractivity (Wildman–Crippen MR) is 90.1 cm³/mol. The van der Waals surface area contributed by atoms with Crippen LogP contribution in [0.1, 0.15) is 16.2 Å². The number of carbonyl (C=O) groups is 1. The third kappa shape index (κ3) is 2.74. The Hall–Kier alpha value is -2.78. The Morgan fingerprint density at radius 3 is 2.92 bits per heavy atom. The van der Waals surface area contributed by atoms with Gasteiger partial charge in [0.25, 0.3) is 11.8 Å². The van der Waals surface area contributed by atoms with E-state index in [1.807, 2.05) is 24.4 Å². The van der Waals surface area contributed by atoms with Crippen LogP contribution in [0.2, 0.25) is 0 Å². The molecule has 0 aliphatic heterocycles. The van der Waals surface area contributed by atoms with Crippen molar-refractivity contribution in [2.24, 2.45) is 0 Å². The number of furan rings is 1. The van der Waals surface area contributed by atoms with Crippen LogP contribution in [0.15, 0.2) is 44.8 Å². The third-order valence-electron chi connectivity index (χ3n) is 3.12. The van der Waals surface area contributed by atoms with Gasteiger partial charge in [0.15, 0.2) is 10.9 Å². The molecule has 9 heteroatoms. The highest BCUT2D eigenvalue weighted by atomic mass is 32.1. The summed E-state index contributed by atoms with van der Waals surface area (Å²) in [6.07, 6.45) is 1.44. The molecule has 1 amide bonds. The zero-order valence-electron chi connectivity index (χ0n) is 12.3. The van der Waals surface area contributed by atoms with Crippen molar-refractivity contribution in [1.82, 2.24) is 15.1 Å². The van der Waals surface area contributed by atoms with Gasteiger partial charge in [-0.25, -0.2) is 4.98 Å². The molecule has 0 saturated carbocycles. The number of nitrogens with one attached hydrogen (secondary N) is 1. The van der Waals surface area contributed by atoms with Crippen LogP contribution in [0.4, 0.5) is 5.13 Å². The largest absolute Gasteiger partial charge is 0.459 e. The van der Waals surface area contributed by atoms with E-state index in [4.69, 9.17) is 8.94 Å². The second kappa shape index (κ2) is 6.02. The fourth-order valence-corrected chi connectivity index (χ4v) is 3.57. The minimum Gasteiger partial charge on any atom is -0.459 e. The first-order valence-corrected chi connectivity index (χ1v) is 8.60. The highest BCUT2D eigenvalue weighted by molar-refractivity contribution is 7.19. The summed E-state index contributed by atoms with van der Waals surface area (Å²) in [5.41, 5.74) is 0.705. The van der Waals surface area contributed by atoms with Gasteiger partial charge in [-0.1, -0.05) is 22.6 Å². The number of carbonyl (C=O) groups excluding carboxylic acids is 1. The van der Waals surface area contributed by atoms with E-state index in [2.05, 4.69) is 20.4 Å². The van der Waals surface area contributed by atoms with Crippen molar-refractivity contribution >= 4 is 33.7 Å². The summed E-state index contributed by atoms with van der Waals surface area (Å²) in [7, 11) is 0. The van der Waals surface area contributed by atoms with Gasteiger partial charge in [-0.15, -0.1) is 11.3 Å². The first-order chi connectivity index (χ1) is 11.7. The maximum atomic E-state index is 12.0. The Balaban J connectivity index is 1.59. The molecular formula is C15H10N4O3S2. The molecule has 120 valence electrons. The van der Waals surface area contributed by atoms with Crippen molar-refractivity contribution in [3.05, 3.63) is 47.4 Å². The monoisotopic (exact) mass is 358 g/mol. The maximum Gasteiger partial charge on any atom is 0.293 e. The number of thiophene rings is 1. The number of aryl methyl sites for hydroxylation is 1. The topological polar surface area (TPSA) is 94.1 Å². The van der Waals surface area contributed by atoms with E-state index < -0.39 is 0 Å². The Kier molecular flexibility index (Phi) is 3.71. The van der Waals surface area contributed by atoms with Gasteiger partial charge in [-0.05, 0) is 30.5 Å². The summed E-state index contributed by atoms with van der Waals surface area (Å²) in [5, 5.41) is 9.08. The molecule has 0 saturated heterocycles. The smallest absolute Gasteiger partial charge is 0.293 e. The molecule has 4 aromatic heterocycles. The number of hydrogen-bond acceptors (Lipinski definition) is 8. The quantitative estimate of drug-likeness (QED) is 0.591. The second-order valence-corrected chi connectivity index (χ2v) is 6.71. The molecule has 0 atom stereocenters. The SMILES string of the molecule is Cc1nc(NC(=O)c2ccco2)sc1-c1nc(-c2cccs2)no1. The minimum atomic E-state index is -0.356. The van der Waals surface area contributed by atoms with Crippen LogP contribution in [0, 0.1) is 6.92 Å². The second-order valence-electron chi connectivity index (χ2n) is 4.77. The number of anilines is 1. The van der Waals surface area contributed by atoms with Crippen molar-refractivity contribution in [3.63, 3.8) is 0 Å². The first kappa shape index (κ1) is 14.8. The lowest BCUT2D eigenvalue weighted by atomic mass is 10.4. The molecule has 4 heterocycles. The van der Waals surface area contributed by atoms with Crippen molar-refractivity contribution in [2.75, 3.05) is 5.32 Å². The van der Waals surface area contributed by atoms with Crippen LogP contribution in [-0.2, 0) is 0 Å². The zero-order valence-corrected chi connectivity index (χ0v) is 14.0. The lowest BCUT2D eigenvalue weighted by Gasteiger charge is -1.96. The van der Waals surface area contributed by atoms with E-state index in [1.165, 1.54) is 28.9 Å². The number of hydrogen-bond donors (Lipinski definition) is 1. The molecule has 4 rings (SSSR count). The van der Waals surface area contributed by atoms with Gasteiger partial charge < -0.3 is 8.94 Å². The summed E-state index contributed by atoms with van der Waals surface area (Å²) in [6.45, 7) is 1.82. The molecule has 4 aromatic rings. The Labute approximate surface area is 144 Å². The molecule has 0 bridgehead atoms. The third-order valence-corrected chi connectivity index (χ3v) is 5.05. The van der Waals surface area contributed by atoms with Crippen molar-refractivity contribution in [2.45, 2.75) is 6.92 Å². The summed E-state index contributed by atoms with van der Waals surface area (Å²) in [5.74, 6) is 0.785. The van der Waals surface area contributed by atoms with Gasteiger partial charge in [-0.3, -0.25) is 10.1 Å². The van der Waals surface area contributed by atoms with Crippen LogP contribution in [0.5, 0.6) is 0 Å². The number of amides is 1. The Morgan fingerprint density at radius 1 is 1.25 bits per heavy atom. The predicted octanol–water partition coefficient (Wildman–Crippen LogP) is 4.08. The van der Waals surface area contributed by atoms with Crippen LogP contribution in [-0.4, -0.2) is 21.0 Å². The van der Waals surface area contributed by atoms with E-state index >= 15 is 0 Å². The van der Waals surface area contributed by atoms with E-state index in [1.54, 1.807) is 12.1 Å². The van der Waals surface area contributed by atoms with Crippen LogP contribution < -0.4 is 5.32 Å². The Bertz CT molecular complexity index is 971. The van der Waals surface area contributed by atoms with Crippen LogP contribution in [0.3, 0.4) is 0 Å². The van der Waals surface area contributed by atoms with E-state index in [9.17, 15) is 4.79 Å². The van der Waals surface area contributed by atoms with Gasteiger partial charge in [0, 0.05) is 0 Å². The standard InChI is InChI=1S/C15H10N4O3S2/c1-8-11(14-17-12(19-22-14)10-5-3-7-23-10)24-15(16-8)18-13(20)9-4-2-6-21-9/h2-7H,1H3,(H,16,18,20). The summed E-state index contributed by atoms with van der Waals surface area (Å²) in [6, 6.07) is 7.09. The number of thiazole rings is 1. The molecule has 0 aliphatic carbocycles. The maximum absolute atomic E-state index is 12.0. The fourth-order valence-electron chi connectivity index (χ4n) is 2.04. The lowest BCUT2D eigenvalue weighted by molar-refractivity contribution is 0.0996. The zero-order chi connectivity index (χ0) is 16.5. The van der Waals surface area contributed by atoms with Crippen LogP contribution >= 0.6 is 22.7 Å². The molecule has 0 unspecified atom stereocenters. The molecule has 24 heavy (non-hydrogen) atoms. The highest BCUT2D eigenvalue weighted by Gasteiger charge is 2.19. The summed E-state index contributed by atoms with van der Waals surface area (Å²) >= 11 is 2.81. The molecule has 0 aromatic carbocycles. The number of rotatable bonds is 4. The van der Waals surface area contributed by atoms with E-state index in [0.717, 1.165) is 9.75 Å². The molecule has 7 nitrogen and oxygen atoms in total. The number of nitrogens with zero attached hydrogens (tertiary/aromatic N) is 3. The van der Waals surface area contributed by atoms with Gasteiger partial charge in [0.05, 0.1) is 16.8 Å². The molecule has 0 aliphatic rings. The highest BCUT2D eigenvalue weighted by Crippen LogP contribution is 2.33. The van der Waals surface area contributed by atoms with E-state index in [0.29, 0.717) is 22.5 Å². The normalized spacial score (nSPS) is 10.9. The van der Waals surface area contributed by atoms with Crippen molar-refractivity contribution in [3.8, 4) is 21.5 Å². The van der Waals surface area contributed by atoms with E-state index in [-0.39, 0.29) is 11.7 Å². The molecule has 0 spiro atoms. The average molecular weight is 358 g/mol. The van der Waals surface area contributed by atoms with Crippen molar-refractivity contribution < 1.29 is 13.7 Å². The minimum absolute atomic E-state index is 0.224. The lowest BCUT2D eigenvalue weighted by Crippen LogP contribution is -2.10. The van der Waals surface area contributed by atoms with Gasteiger partial charge >= 0.3 is 0 Å². The molecule has 0 radical (unpaired) electrons. The first-order valence-electron chi connectivity index (χ1n) is 6.91.